The van der Waals surface area contributed by atoms with Gasteiger partial charge in [-0.05, 0) is 49.6 Å². The molecule has 1 fully saturated rings. The van der Waals surface area contributed by atoms with Crippen LogP contribution in [0.2, 0.25) is 0 Å². The number of pyridine rings is 1. The summed E-state index contributed by atoms with van der Waals surface area (Å²) in [5.74, 6) is 1.28. The molecule has 30 heavy (non-hydrogen) atoms. The van der Waals surface area contributed by atoms with E-state index in [4.69, 9.17) is 4.74 Å². The van der Waals surface area contributed by atoms with Crippen molar-refractivity contribution in [1.29, 1.82) is 0 Å². The topological polar surface area (TPSA) is 92.4 Å². The van der Waals surface area contributed by atoms with E-state index in [-0.39, 0.29) is 30.4 Å². The number of hydrogen-bond acceptors (Lipinski definition) is 4. The molecule has 1 heterocycles. The van der Waals surface area contributed by atoms with Gasteiger partial charge in [-0.25, -0.2) is 4.79 Å². The number of urea groups is 1. The molecule has 7 heteroatoms. The number of ether oxygens (including phenoxy) is 1. The SMILES string of the molecule is CC(NC(=O)CCNC(=O)NC1CCCCC1)c1ccc(Oc2cccnc2)cc1. The van der Waals surface area contributed by atoms with E-state index >= 15 is 0 Å². The fourth-order valence-electron chi connectivity index (χ4n) is 3.54. The maximum atomic E-state index is 12.2. The summed E-state index contributed by atoms with van der Waals surface area (Å²) < 4.78 is 5.73. The van der Waals surface area contributed by atoms with Crippen LogP contribution in [0.15, 0.2) is 48.8 Å². The van der Waals surface area contributed by atoms with Crippen molar-refractivity contribution < 1.29 is 14.3 Å². The van der Waals surface area contributed by atoms with Gasteiger partial charge in [-0.15, -0.1) is 0 Å². The van der Waals surface area contributed by atoms with Gasteiger partial charge in [0.2, 0.25) is 5.91 Å². The number of nitrogens with zero attached hydrogens (tertiary/aromatic N) is 1. The lowest BCUT2D eigenvalue weighted by atomic mass is 9.96. The lowest BCUT2D eigenvalue weighted by Gasteiger charge is -2.22. The molecule has 1 aliphatic rings. The first kappa shape index (κ1) is 21.6. The highest BCUT2D eigenvalue weighted by Crippen LogP contribution is 2.22. The first-order chi connectivity index (χ1) is 14.6. The van der Waals surface area contributed by atoms with Crippen molar-refractivity contribution in [2.24, 2.45) is 0 Å². The highest BCUT2D eigenvalue weighted by atomic mass is 16.5. The molecule has 1 atom stereocenters. The van der Waals surface area contributed by atoms with Crippen molar-refractivity contribution in [2.75, 3.05) is 6.54 Å². The largest absolute Gasteiger partial charge is 0.456 e. The third-order valence-electron chi connectivity index (χ3n) is 5.21. The molecule has 0 bridgehead atoms. The van der Waals surface area contributed by atoms with Crippen LogP contribution in [0.5, 0.6) is 11.5 Å². The zero-order valence-electron chi connectivity index (χ0n) is 17.4. The summed E-state index contributed by atoms with van der Waals surface area (Å²) >= 11 is 0. The second kappa shape index (κ2) is 11.2. The number of amides is 3. The van der Waals surface area contributed by atoms with Gasteiger partial charge in [-0.1, -0.05) is 31.4 Å². The van der Waals surface area contributed by atoms with Gasteiger partial charge in [-0.3, -0.25) is 9.78 Å². The van der Waals surface area contributed by atoms with Crippen LogP contribution in [-0.2, 0) is 4.79 Å². The van der Waals surface area contributed by atoms with Crippen LogP contribution in [0.4, 0.5) is 4.79 Å². The summed E-state index contributed by atoms with van der Waals surface area (Å²) in [6.45, 7) is 2.24. The standard InChI is InChI=1S/C23H30N4O3/c1-17(18-9-11-20(12-10-18)30-21-8-5-14-24-16-21)26-22(28)13-15-25-23(29)27-19-6-3-2-4-7-19/h5,8-12,14,16-17,19H,2-4,6-7,13,15H2,1H3,(H,26,28)(H2,25,27,29). The number of rotatable bonds is 8. The van der Waals surface area contributed by atoms with Crippen LogP contribution < -0.4 is 20.7 Å². The van der Waals surface area contributed by atoms with E-state index in [2.05, 4.69) is 20.9 Å². The molecular formula is C23H30N4O3. The van der Waals surface area contributed by atoms with E-state index in [1.54, 1.807) is 12.4 Å². The Morgan fingerprint density at radius 1 is 1.10 bits per heavy atom. The Bertz CT molecular complexity index is 805. The zero-order valence-corrected chi connectivity index (χ0v) is 17.4. The zero-order chi connectivity index (χ0) is 21.2. The maximum absolute atomic E-state index is 12.2. The van der Waals surface area contributed by atoms with Gasteiger partial charge in [-0.2, -0.15) is 0 Å². The molecule has 1 aromatic heterocycles. The number of carbonyl (C=O) groups is 2. The maximum Gasteiger partial charge on any atom is 0.315 e. The van der Waals surface area contributed by atoms with Crippen LogP contribution in [0, 0.1) is 0 Å². The summed E-state index contributed by atoms with van der Waals surface area (Å²) in [4.78, 5) is 28.1. The predicted molar refractivity (Wildman–Crippen MR) is 115 cm³/mol. The second-order valence-electron chi connectivity index (χ2n) is 7.63. The Kier molecular flexibility index (Phi) is 8.06. The van der Waals surface area contributed by atoms with Gasteiger partial charge in [0.1, 0.15) is 11.5 Å². The van der Waals surface area contributed by atoms with Crippen molar-refractivity contribution >= 4 is 11.9 Å². The van der Waals surface area contributed by atoms with Crippen molar-refractivity contribution in [1.82, 2.24) is 20.9 Å². The molecule has 2 aromatic rings. The lowest BCUT2D eigenvalue weighted by molar-refractivity contribution is -0.121. The minimum atomic E-state index is -0.188. The Morgan fingerprint density at radius 3 is 2.57 bits per heavy atom. The van der Waals surface area contributed by atoms with Crippen molar-refractivity contribution in [3.05, 3.63) is 54.4 Å². The molecule has 160 valence electrons. The van der Waals surface area contributed by atoms with Crippen molar-refractivity contribution in [3.8, 4) is 11.5 Å². The third-order valence-corrected chi connectivity index (χ3v) is 5.21. The van der Waals surface area contributed by atoms with Gasteiger partial charge in [0.15, 0.2) is 0 Å². The molecule has 1 aliphatic carbocycles. The highest BCUT2D eigenvalue weighted by Gasteiger charge is 2.15. The fourth-order valence-corrected chi connectivity index (χ4v) is 3.54. The van der Waals surface area contributed by atoms with E-state index in [0.29, 0.717) is 18.0 Å². The lowest BCUT2D eigenvalue weighted by Crippen LogP contribution is -2.43. The molecule has 0 aliphatic heterocycles. The van der Waals surface area contributed by atoms with E-state index in [1.807, 2.05) is 43.3 Å². The van der Waals surface area contributed by atoms with Crippen LogP contribution in [-0.4, -0.2) is 29.5 Å². The van der Waals surface area contributed by atoms with E-state index in [9.17, 15) is 9.59 Å². The molecule has 7 nitrogen and oxygen atoms in total. The summed E-state index contributed by atoms with van der Waals surface area (Å²) in [6.07, 6.45) is 9.25. The number of aromatic nitrogens is 1. The van der Waals surface area contributed by atoms with Crippen LogP contribution in [0.25, 0.3) is 0 Å². The summed E-state index contributed by atoms with van der Waals surface area (Å²) in [7, 11) is 0. The monoisotopic (exact) mass is 410 g/mol. The quantitative estimate of drug-likeness (QED) is 0.612. The predicted octanol–water partition coefficient (Wildman–Crippen LogP) is 4.07. The minimum absolute atomic E-state index is 0.101. The number of carbonyl (C=O) groups excluding carboxylic acids is 2. The van der Waals surface area contributed by atoms with Gasteiger partial charge in [0, 0.05) is 25.2 Å². The molecule has 0 radical (unpaired) electrons. The normalized spacial score (nSPS) is 15.1. The smallest absolute Gasteiger partial charge is 0.315 e. The first-order valence-corrected chi connectivity index (χ1v) is 10.6. The Labute approximate surface area is 177 Å². The van der Waals surface area contributed by atoms with Gasteiger partial charge >= 0.3 is 6.03 Å². The molecule has 3 amide bonds. The van der Waals surface area contributed by atoms with E-state index in [0.717, 1.165) is 18.4 Å². The first-order valence-electron chi connectivity index (χ1n) is 10.6. The molecular weight excluding hydrogens is 380 g/mol. The molecule has 0 saturated heterocycles. The van der Waals surface area contributed by atoms with Crippen LogP contribution >= 0.6 is 0 Å². The molecule has 0 spiro atoms. The van der Waals surface area contributed by atoms with Crippen LogP contribution in [0.3, 0.4) is 0 Å². The molecule has 1 unspecified atom stereocenters. The third kappa shape index (κ3) is 7.06. The molecule has 3 N–H and O–H groups in total. The van der Waals surface area contributed by atoms with Crippen molar-refractivity contribution in [2.45, 2.75) is 57.5 Å². The summed E-state index contributed by atoms with van der Waals surface area (Å²) in [5.41, 5.74) is 0.977. The van der Waals surface area contributed by atoms with Crippen molar-refractivity contribution in [3.63, 3.8) is 0 Å². The van der Waals surface area contributed by atoms with Gasteiger partial charge < -0.3 is 20.7 Å². The summed E-state index contributed by atoms with van der Waals surface area (Å²) in [6, 6.07) is 11.2. The van der Waals surface area contributed by atoms with E-state index < -0.39 is 0 Å². The van der Waals surface area contributed by atoms with E-state index in [1.165, 1.54) is 19.3 Å². The Balaban J connectivity index is 1.36. The minimum Gasteiger partial charge on any atom is -0.456 e. The van der Waals surface area contributed by atoms with Crippen LogP contribution in [0.1, 0.15) is 57.1 Å². The van der Waals surface area contributed by atoms with Gasteiger partial charge in [0.05, 0.1) is 12.2 Å². The number of nitrogens with one attached hydrogen (secondary N) is 3. The number of hydrogen-bond donors (Lipinski definition) is 3. The molecule has 1 aromatic carbocycles. The Morgan fingerprint density at radius 2 is 1.87 bits per heavy atom. The second-order valence-corrected chi connectivity index (χ2v) is 7.63. The highest BCUT2D eigenvalue weighted by molar-refractivity contribution is 5.78. The average molecular weight is 411 g/mol. The Hall–Kier alpha value is -3.09. The fraction of sp³-hybridized carbons (Fsp3) is 0.435. The molecule has 1 saturated carbocycles. The van der Waals surface area contributed by atoms with Gasteiger partial charge in [0.25, 0.3) is 0 Å². The average Bonchev–Trinajstić information content (AvgIpc) is 2.75. The number of benzene rings is 1. The summed E-state index contributed by atoms with van der Waals surface area (Å²) in [5, 5.41) is 8.72. The molecule has 3 rings (SSSR count).